The normalized spacial score (nSPS) is 10.1. The lowest BCUT2D eigenvalue weighted by molar-refractivity contribution is -0.134. The Hall–Kier alpha value is -2.30. The summed E-state index contributed by atoms with van der Waals surface area (Å²) in [5.74, 6) is 0.269. The topological polar surface area (TPSA) is 59.9 Å². The molecule has 1 N–H and O–H groups in total. The van der Waals surface area contributed by atoms with Gasteiger partial charge in [-0.1, -0.05) is 12.7 Å². The minimum atomic E-state index is -0.476. The molecule has 0 aromatic heterocycles. The standard InChI is InChI=1S/C13H16N2O3/c1-3-9-18-12-7-5-11(6-8-12)15-14-10-13(16)17-4-2/h3,5-8,10,15H,1,4,9H2,2H3/b14-10+. The van der Waals surface area contributed by atoms with Crippen LogP contribution in [0.3, 0.4) is 0 Å². The molecule has 18 heavy (non-hydrogen) atoms. The first-order chi connectivity index (χ1) is 8.76. The number of hydrogen-bond donors (Lipinski definition) is 1. The van der Waals surface area contributed by atoms with Gasteiger partial charge >= 0.3 is 5.97 Å². The van der Waals surface area contributed by atoms with Crippen molar-refractivity contribution in [3.8, 4) is 5.75 Å². The van der Waals surface area contributed by atoms with Crippen molar-refractivity contribution in [1.29, 1.82) is 0 Å². The zero-order valence-electron chi connectivity index (χ0n) is 10.3. The maximum atomic E-state index is 11.0. The SMILES string of the molecule is C=CCOc1ccc(N/N=C/C(=O)OCC)cc1. The number of nitrogens with zero attached hydrogens (tertiary/aromatic N) is 1. The summed E-state index contributed by atoms with van der Waals surface area (Å²) in [6, 6.07) is 7.18. The Morgan fingerprint density at radius 1 is 1.44 bits per heavy atom. The molecule has 1 rings (SSSR count). The molecule has 0 bridgehead atoms. The fourth-order valence-electron chi connectivity index (χ4n) is 1.12. The number of hydrazone groups is 1. The van der Waals surface area contributed by atoms with Gasteiger partial charge in [0.1, 0.15) is 18.6 Å². The number of ether oxygens (including phenoxy) is 2. The Kier molecular flexibility index (Phi) is 6.03. The van der Waals surface area contributed by atoms with E-state index >= 15 is 0 Å². The van der Waals surface area contributed by atoms with Crippen LogP contribution in [0.4, 0.5) is 5.69 Å². The van der Waals surface area contributed by atoms with E-state index in [1.807, 2.05) is 0 Å². The zero-order chi connectivity index (χ0) is 13.2. The monoisotopic (exact) mass is 248 g/mol. The van der Waals surface area contributed by atoms with Crippen LogP contribution in [0, 0.1) is 0 Å². The summed E-state index contributed by atoms with van der Waals surface area (Å²) in [6.45, 7) is 6.10. The molecule has 0 saturated carbocycles. The van der Waals surface area contributed by atoms with E-state index < -0.39 is 5.97 Å². The van der Waals surface area contributed by atoms with E-state index in [1.165, 1.54) is 0 Å². The van der Waals surface area contributed by atoms with Crippen molar-refractivity contribution in [2.24, 2.45) is 5.10 Å². The number of anilines is 1. The molecule has 0 saturated heterocycles. The third-order valence-electron chi connectivity index (χ3n) is 1.87. The molecule has 0 aliphatic rings. The maximum Gasteiger partial charge on any atom is 0.351 e. The summed E-state index contributed by atoms with van der Waals surface area (Å²) in [6.07, 6.45) is 2.77. The number of esters is 1. The van der Waals surface area contributed by atoms with Crippen LogP contribution in [-0.4, -0.2) is 25.4 Å². The van der Waals surface area contributed by atoms with Crippen LogP contribution in [-0.2, 0) is 9.53 Å². The van der Waals surface area contributed by atoms with E-state index in [0.717, 1.165) is 17.7 Å². The molecule has 0 aliphatic carbocycles. The largest absolute Gasteiger partial charge is 0.490 e. The molecular weight excluding hydrogens is 232 g/mol. The molecule has 0 unspecified atom stereocenters. The second kappa shape index (κ2) is 7.89. The first-order valence-electron chi connectivity index (χ1n) is 5.56. The molecule has 5 nitrogen and oxygen atoms in total. The molecule has 1 aromatic carbocycles. The van der Waals surface area contributed by atoms with E-state index in [4.69, 9.17) is 4.74 Å². The highest BCUT2D eigenvalue weighted by molar-refractivity contribution is 6.23. The van der Waals surface area contributed by atoms with Crippen LogP contribution in [0.1, 0.15) is 6.92 Å². The molecule has 5 heteroatoms. The quantitative estimate of drug-likeness (QED) is 0.348. The van der Waals surface area contributed by atoms with E-state index in [-0.39, 0.29) is 0 Å². The van der Waals surface area contributed by atoms with Crippen LogP contribution >= 0.6 is 0 Å². The highest BCUT2D eigenvalue weighted by atomic mass is 16.5. The van der Waals surface area contributed by atoms with E-state index in [9.17, 15) is 4.79 Å². The lowest BCUT2D eigenvalue weighted by Gasteiger charge is -2.04. The summed E-state index contributed by atoms with van der Waals surface area (Å²) in [5, 5.41) is 3.75. The minimum absolute atomic E-state index is 0.334. The summed E-state index contributed by atoms with van der Waals surface area (Å²) in [4.78, 5) is 11.0. The van der Waals surface area contributed by atoms with Gasteiger partial charge in [0.2, 0.25) is 0 Å². The Balaban J connectivity index is 2.43. The molecule has 0 atom stereocenters. The Bertz CT molecular complexity index is 413. The van der Waals surface area contributed by atoms with Crippen molar-refractivity contribution in [2.45, 2.75) is 6.92 Å². The molecule has 0 spiro atoms. The highest BCUT2D eigenvalue weighted by Gasteiger charge is 1.95. The Morgan fingerprint density at radius 3 is 2.78 bits per heavy atom. The van der Waals surface area contributed by atoms with Crippen LogP contribution in [0.15, 0.2) is 42.0 Å². The summed E-state index contributed by atoms with van der Waals surface area (Å²) < 4.78 is 10.0. The van der Waals surface area contributed by atoms with Crippen molar-refractivity contribution in [2.75, 3.05) is 18.6 Å². The molecule has 0 heterocycles. The smallest absolute Gasteiger partial charge is 0.351 e. The molecule has 0 aliphatic heterocycles. The molecule has 0 radical (unpaired) electrons. The first kappa shape index (κ1) is 13.8. The predicted molar refractivity (Wildman–Crippen MR) is 70.9 cm³/mol. The van der Waals surface area contributed by atoms with Gasteiger partial charge in [-0.05, 0) is 31.2 Å². The number of hydrogen-bond acceptors (Lipinski definition) is 5. The maximum absolute atomic E-state index is 11.0. The van der Waals surface area contributed by atoms with Crippen LogP contribution in [0.25, 0.3) is 0 Å². The highest BCUT2D eigenvalue weighted by Crippen LogP contribution is 2.15. The van der Waals surface area contributed by atoms with Crippen molar-refractivity contribution in [1.82, 2.24) is 0 Å². The van der Waals surface area contributed by atoms with Gasteiger partial charge in [-0.2, -0.15) is 5.10 Å². The molecule has 0 amide bonds. The van der Waals surface area contributed by atoms with Crippen LogP contribution < -0.4 is 10.2 Å². The van der Waals surface area contributed by atoms with Crippen molar-refractivity contribution in [3.63, 3.8) is 0 Å². The van der Waals surface area contributed by atoms with Gasteiger partial charge in [0, 0.05) is 0 Å². The lowest BCUT2D eigenvalue weighted by Crippen LogP contribution is -2.06. The average molecular weight is 248 g/mol. The number of rotatable bonds is 7. The second-order valence-corrected chi connectivity index (χ2v) is 3.25. The van der Waals surface area contributed by atoms with Gasteiger partial charge < -0.3 is 9.47 Å². The van der Waals surface area contributed by atoms with Gasteiger partial charge in [0.15, 0.2) is 0 Å². The third-order valence-corrected chi connectivity index (χ3v) is 1.87. The molecule has 0 fully saturated rings. The summed E-state index contributed by atoms with van der Waals surface area (Å²) in [5.41, 5.74) is 3.46. The van der Waals surface area contributed by atoms with E-state index in [1.54, 1.807) is 37.3 Å². The Labute approximate surface area is 106 Å². The van der Waals surface area contributed by atoms with E-state index in [0.29, 0.717) is 13.2 Å². The minimum Gasteiger partial charge on any atom is -0.490 e. The second-order valence-electron chi connectivity index (χ2n) is 3.25. The van der Waals surface area contributed by atoms with Gasteiger partial charge in [-0.25, -0.2) is 4.79 Å². The van der Waals surface area contributed by atoms with Crippen molar-refractivity contribution in [3.05, 3.63) is 36.9 Å². The summed E-state index contributed by atoms with van der Waals surface area (Å²) in [7, 11) is 0. The number of benzene rings is 1. The van der Waals surface area contributed by atoms with Gasteiger partial charge in [-0.3, -0.25) is 5.43 Å². The van der Waals surface area contributed by atoms with Crippen molar-refractivity contribution >= 4 is 17.9 Å². The Morgan fingerprint density at radius 2 is 2.17 bits per heavy atom. The average Bonchev–Trinajstić information content (AvgIpc) is 2.38. The lowest BCUT2D eigenvalue weighted by atomic mass is 10.3. The van der Waals surface area contributed by atoms with Crippen molar-refractivity contribution < 1.29 is 14.3 Å². The van der Waals surface area contributed by atoms with Crippen LogP contribution in [0.2, 0.25) is 0 Å². The van der Waals surface area contributed by atoms with E-state index in [2.05, 4.69) is 21.8 Å². The van der Waals surface area contributed by atoms with Gasteiger partial charge in [0.05, 0.1) is 12.3 Å². The summed E-state index contributed by atoms with van der Waals surface area (Å²) >= 11 is 0. The fraction of sp³-hybridized carbons (Fsp3) is 0.231. The number of carbonyl (C=O) groups excluding carboxylic acids is 1. The molecule has 96 valence electrons. The number of nitrogens with one attached hydrogen (secondary N) is 1. The van der Waals surface area contributed by atoms with Gasteiger partial charge in [-0.15, -0.1) is 0 Å². The fourth-order valence-corrected chi connectivity index (χ4v) is 1.12. The van der Waals surface area contributed by atoms with Crippen LogP contribution in [0.5, 0.6) is 5.75 Å². The zero-order valence-corrected chi connectivity index (χ0v) is 10.3. The first-order valence-corrected chi connectivity index (χ1v) is 5.56. The third kappa shape index (κ3) is 5.16. The van der Waals surface area contributed by atoms with Gasteiger partial charge in [0.25, 0.3) is 0 Å². The molecule has 1 aromatic rings. The number of carbonyl (C=O) groups is 1. The predicted octanol–water partition coefficient (Wildman–Crippen LogP) is 2.21. The molecular formula is C13H16N2O3.